The Bertz CT molecular complexity index is 527. The molecule has 3 atom stereocenters. The fourth-order valence-electron chi connectivity index (χ4n) is 5.02. The fourth-order valence-corrected chi connectivity index (χ4v) is 5.02. The molecule has 0 spiro atoms. The first-order chi connectivity index (χ1) is 8.86. The van der Waals surface area contributed by atoms with Crippen molar-refractivity contribution in [3.8, 4) is 0 Å². The third-order valence-corrected chi connectivity index (χ3v) is 5.77. The molecule has 1 N–H and O–H groups in total. The van der Waals surface area contributed by atoms with Crippen molar-refractivity contribution in [2.24, 2.45) is 16.7 Å². The molecule has 1 aromatic rings. The van der Waals surface area contributed by atoms with E-state index in [2.05, 4.69) is 20.8 Å². The van der Waals surface area contributed by atoms with Crippen molar-refractivity contribution < 1.29 is 9.90 Å². The molecular weight excluding hydrogens is 236 g/mol. The molecule has 0 saturated heterocycles. The molecule has 2 bridgehead atoms. The van der Waals surface area contributed by atoms with Crippen LogP contribution in [-0.4, -0.2) is 11.1 Å². The van der Waals surface area contributed by atoms with Gasteiger partial charge in [0.15, 0.2) is 0 Å². The van der Waals surface area contributed by atoms with Crippen LogP contribution in [0.3, 0.4) is 0 Å². The quantitative estimate of drug-likeness (QED) is 0.858. The number of hydrogen-bond donors (Lipinski definition) is 1. The largest absolute Gasteiger partial charge is 0.478 e. The van der Waals surface area contributed by atoms with Crippen molar-refractivity contribution in [1.82, 2.24) is 0 Å². The van der Waals surface area contributed by atoms with Crippen LogP contribution in [0.25, 0.3) is 0 Å². The van der Waals surface area contributed by atoms with Crippen LogP contribution in [-0.2, 0) is 0 Å². The van der Waals surface area contributed by atoms with Crippen molar-refractivity contribution in [3.05, 3.63) is 35.4 Å². The van der Waals surface area contributed by atoms with Crippen LogP contribution in [0.2, 0.25) is 0 Å². The summed E-state index contributed by atoms with van der Waals surface area (Å²) in [5.74, 6) is 0.313. The lowest BCUT2D eigenvalue weighted by Crippen LogP contribution is -2.34. The molecule has 0 aliphatic heterocycles. The predicted molar refractivity (Wildman–Crippen MR) is 75.4 cm³/mol. The van der Waals surface area contributed by atoms with Gasteiger partial charge in [-0.25, -0.2) is 4.79 Å². The van der Waals surface area contributed by atoms with Crippen LogP contribution in [0.1, 0.15) is 61.9 Å². The first-order valence-electron chi connectivity index (χ1n) is 7.18. The maximum absolute atomic E-state index is 11.5. The van der Waals surface area contributed by atoms with Gasteiger partial charge in [0.1, 0.15) is 0 Å². The van der Waals surface area contributed by atoms with Crippen LogP contribution in [0.4, 0.5) is 0 Å². The van der Waals surface area contributed by atoms with Gasteiger partial charge >= 0.3 is 5.97 Å². The third-order valence-electron chi connectivity index (χ3n) is 5.77. The molecule has 2 nitrogen and oxygen atoms in total. The standard InChI is InChI=1S/C17H22O2/c1-16(2)11-8-9-17(3,10-11)14(16)12-6-4-5-7-13(12)15(18)19/h4-7,11,14H,8-10H2,1-3H3,(H,18,19). The number of fused-ring (bicyclic) bond motifs is 2. The first-order valence-corrected chi connectivity index (χ1v) is 7.18. The summed E-state index contributed by atoms with van der Waals surface area (Å²) in [5, 5.41) is 9.45. The van der Waals surface area contributed by atoms with Crippen LogP contribution >= 0.6 is 0 Å². The van der Waals surface area contributed by atoms with Gasteiger partial charge in [-0.2, -0.15) is 0 Å². The van der Waals surface area contributed by atoms with Crippen molar-refractivity contribution in [1.29, 1.82) is 0 Å². The van der Waals surface area contributed by atoms with E-state index in [9.17, 15) is 9.90 Å². The average molecular weight is 258 g/mol. The van der Waals surface area contributed by atoms with Gasteiger partial charge in [-0.1, -0.05) is 39.0 Å². The molecule has 19 heavy (non-hydrogen) atoms. The van der Waals surface area contributed by atoms with E-state index < -0.39 is 5.97 Å². The lowest BCUT2D eigenvalue weighted by atomic mass is 9.61. The lowest BCUT2D eigenvalue weighted by Gasteiger charge is -2.43. The Kier molecular flexibility index (Phi) is 2.57. The summed E-state index contributed by atoms with van der Waals surface area (Å²) in [5.41, 5.74) is 2.03. The number of aromatic carboxylic acids is 1. The zero-order chi connectivity index (χ0) is 13.8. The third kappa shape index (κ3) is 1.65. The number of benzene rings is 1. The number of carboxylic acids is 1. The summed E-state index contributed by atoms with van der Waals surface area (Å²) in [6.45, 7) is 7.00. The molecule has 2 fully saturated rings. The second kappa shape index (κ2) is 3.84. The minimum atomic E-state index is -0.794. The minimum absolute atomic E-state index is 0.207. The number of carboxylic acid groups (broad SMARTS) is 1. The number of hydrogen-bond acceptors (Lipinski definition) is 1. The highest BCUT2D eigenvalue weighted by molar-refractivity contribution is 5.89. The highest BCUT2D eigenvalue weighted by Crippen LogP contribution is 2.69. The second-order valence-electron chi connectivity index (χ2n) is 7.24. The van der Waals surface area contributed by atoms with Gasteiger partial charge in [0.2, 0.25) is 0 Å². The molecule has 2 aliphatic carbocycles. The van der Waals surface area contributed by atoms with E-state index in [-0.39, 0.29) is 10.8 Å². The number of carbonyl (C=O) groups is 1. The van der Waals surface area contributed by atoms with Gasteiger partial charge in [-0.05, 0) is 53.6 Å². The molecule has 2 saturated carbocycles. The van der Waals surface area contributed by atoms with E-state index in [4.69, 9.17) is 0 Å². The van der Waals surface area contributed by atoms with Gasteiger partial charge in [0.25, 0.3) is 0 Å². The Hall–Kier alpha value is -1.31. The Morgan fingerprint density at radius 1 is 1.26 bits per heavy atom. The minimum Gasteiger partial charge on any atom is -0.478 e. The summed E-state index contributed by atoms with van der Waals surface area (Å²) in [7, 11) is 0. The van der Waals surface area contributed by atoms with Crippen LogP contribution in [0, 0.1) is 16.7 Å². The van der Waals surface area contributed by atoms with Crippen molar-refractivity contribution in [2.75, 3.05) is 0 Å². The highest BCUT2D eigenvalue weighted by atomic mass is 16.4. The van der Waals surface area contributed by atoms with Gasteiger partial charge in [-0.3, -0.25) is 0 Å². The molecule has 0 aromatic heterocycles. The SMILES string of the molecule is CC12CCC(C1)C(C)(C)C2c1ccccc1C(=O)O. The van der Waals surface area contributed by atoms with E-state index in [0.29, 0.717) is 11.5 Å². The molecule has 2 heteroatoms. The second-order valence-corrected chi connectivity index (χ2v) is 7.24. The summed E-state index contributed by atoms with van der Waals surface area (Å²) in [6.07, 6.45) is 3.79. The highest BCUT2D eigenvalue weighted by Gasteiger charge is 2.59. The molecule has 0 radical (unpaired) electrons. The van der Waals surface area contributed by atoms with Crippen molar-refractivity contribution >= 4 is 5.97 Å². The molecule has 0 amide bonds. The molecule has 0 heterocycles. The maximum Gasteiger partial charge on any atom is 0.335 e. The molecule has 2 aliphatic rings. The zero-order valence-electron chi connectivity index (χ0n) is 11.9. The van der Waals surface area contributed by atoms with E-state index in [1.807, 2.05) is 18.2 Å². The Labute approximate surface area is 114 Å². The van der Waals surface area contributed by atoms with E-state index in [1.54, 1.807) is 6.07 Å². The molecular formula is C17H22O2. The molecule has 3 rings (SSSR count). The van der Waals surface area contributed by atoms with Crippen LogP contribution < -0.4 is 0 Å². The monoisotopic (exact) mass is 258 g/mol. The maximum atomic E-state index is 11.5. The average Bonchev–Trinajstić information content (AvgIpc) is 2.80. The van der Waals surface area contributed by atoms with Gasteiger partial charge in [-0.15, -0.1) is 0 Å². The Morgan fingerprint density at radius 2 is 1.95 bits per heavy atom. The Balaban J connectivity index is 2.14. The summed E-state index contributed by atoms with van der Waals surface area (Å²) >= 11 is 0. The topological polar surface area (TPSA) is 37.3 Å². The predicted octanol–water partition coefficient (Wildman–Crippen LogP) is 4.31. The number of rotatable bonds is 2. The van der Waals surface area contributed by atoms with Crippen LogP contribution in [0.5, 0.6) is 0 Å². The van der Waals surface area contributed by atoms with Gasteiger partial charge in [0, 0.05) is 0 Å². The van der Waals surface area contributed by atoms with E-state index in [1.165, 1.54) is 19.3 Å². The van der Waals surface area contributed by atoms with Gasteiger partial charge < -0.3 is 5.11 Å². The summed E-state index contributed by atoms with van der Waals surface area (Å²) in [4.78, 5) is 11.5. The molecule has 1 aromatic carbocycles. The zero-order valence-corrected chi connectivity index (χ0v) is 11.9. The Morgan fingerprint density at radius 3 is 2.53 bits per heavy atom. The normalized spacial score (nSPS) is 35.5. The van der Waals surface area contributed by atoms with Crippen molar-refractivity contribution in [2.45, 2.75) is 46.0 Å². The van der Waals surface area contributed by atoms with E-state index in [0.717, 1.165) is 11.5 Å². The fraction of sp³-hybridized carbons (Fsp3) is 0.588. The summed E-state index contributed by atoms with van der Waals surface area (Å²) in [6, 6.07) is 7.59. The smallest absolute Gasteiger partial charge is 0.335 e. The molecule has 102 valence electrons. The summed E-state index contributed by atoms with van der Waals surface area (Å²) < 4.78 is 0. The van der Waals surface area contributed by atoms with Crippen LogP contribution in [0.15, 0.2) is 24.3 Å². The van der Waals surface area contributed by atoms with E-state index >= 15 is 0 Å². The first kappa shape index (κ1) is 12.7. The van der Waals surface area contributed by atoms with Crippen molar-refractivity contribution in [3.63, 3.8) is 0 Å². The molecule has 3 unspecified atom stereocenters. The van der Waals surface area contributed by atoms with Gasteiger partial charge in [0.05, 0.1) is 5.56 Å². The lowest BCUT2D eigenvalue weighted by molar-refractivity contribution is 0.0689.